The zero-order valence-corrected chi connectivity index (χ0v) is 18.5. The van der Waals surface area contributed by atoms with Crippen molar-refractivity contribution in [3.8, 4) is 0 Å². The molecule has 0 spiro atoms. The molecule has 0 saturated heterocycles. The van der Waals surface area contributed by atoms with Crippen molar-refractivity contribution in [3.05, 3.63) is 42.0 Å². The van der Waals surface area contributed by atoms with Gasteiger partial charge in [-0.25, -0.2) is 0 Å². The van der Waals surface area contributed by atoms with Crippen LogP contribution in [0.25, 0.3) is 0 Å². The summed E-state index contributed by atoms with van der Waals surface area (Å²) in [6.07, 6.45) is 5.85. The zero-order valence-electron chi connectivity index (χ0n) is 16.7. The normalized spacial score (nSPS) is 25.0. The number of benzene rings is 1. The van der Waals surface area contributed by atoms with Gasteiger partial charge >= 0.3 is 165 Å². The fourth-order valence-corrected chi connectivity index (χ4v) is 6.63. The molecule has 0 N–H and O–H groups in total. The fourth-order valence-electron chi connectivity index (χ4n) is 4.32. The molecule has 3 unspecified atom stereocenters. The second-order valence-corrected chi connectivity index (χ2v) is 11.9. The van der Waals surface area contributed by atoms with Crippen molar-refractivity contribution >= 4 is 25.4 Å². The second-order valence-electron chi connectivity index (χ2n) is 9.42. The Morgan fingerprint density at radius 3 is 2.54 bits per heavy atom. The van der Waals surface area contributed by atoms with E-state index in [0.29, 0.717) is 17.9 Å². The van der Waals surface area contributed by atoms with Crippen LogP contribution >= 0.6 is 0 Å². The third kappa shape index (κ3) is 4.10. The molecular formula is C23H32O2Se. The average Bonchev–Trinajstić information content (AvgIpc) is 2.59. The number of hydrogen-bond donors (Lipinski definition) is 0. The van der Waals surface area contributed by atoms with Crippen molar-refractivity contribution in [1.82, 2.24) is 0 Å². The van der Waals surface area contributed by atoms with Gasteiger partial charge in [0, 0.05) is 0 Å². The van der Waals surface area contributed by atoms with Crippen molar-refractivity contribution in [1.29, 1.82) is 0 Å². The van der Waals surface area contributed by atoms with Gasteiger partial charge in [-0.15, -0.1) is 0 Å². The van der Waals surface area contributed by atoms with Gasteiger partial charge in [-0.1, -0.05) is 0 Å². The van der Waals surface area contributed by atoms with Gasteiger partial charge < -0.3 is 0 Å². The van der Waals surface area contributed by atoms with Gasteiger partial charge in [0.05, 0.1) is 0 Å². The summed E-state index contributed by atoms with van der Waals surface area (Å²) < 4.78 is 7.03. The molecule has 3 atom stereocenters. The van der Waals surface area contributed by atoms with E-state index < -0.39 is 0 Å². The van der Waals surface area contributed by atoms with E-state index in [1.54, 1.807) is 0 Å². The van der Waals surface area contributed by atoms with Gasteiger partial charge in [-0.3, -0.25) is 0 Å². The van der Waals surface area contributed by atoms with Crippen molar-refractivity contribution < 1.29 is 9.53 Å². The van der Waals surface area contributed by atoms with Gasteiger partial charge in [0.15, 0.2) is 0 Å². The van der Waals surface area contributed by atoms with Crippen molar-refractivity contribution in [2.75, 3.05) is 6.61 Å². The molecule has 0 aliphatic heterocycles. The Kier molecular flexibility index (Phi) is 5.70. The molecule has 3 aliphatic carbocycles. The third-order valence-corrected chi connectivity index (χ3v) is 9.74. The van der Waals surface area contributed by atoms with E-state index in [2.05, 4.69) is 52.8 Å². The molecule has 3 aliphatic rings. The Morgan fingerprint density at radius 2 is 1.96 bits per heavy atom. The van der Waals surface area contributed by atoms with Crippen LogP contribution in [0.3, 0.4) is 0 Å². The van der Waals surface area contributed by atoms with Crippen LogP contribution in [0.15, 0.2) is 42.0 Å². The van der Waals surface area contributed by atoms with Crippen LogP contribution in [-0.4, -0.2) is 27.5 Å². The van der Waals surface area contributed by atoms with E-state index in [1.807, 2.05) is 18.2 Å². The van der Waals surface area contributed by atoms with Gasteiger partial charge in [0.1, 0.15) is 0 Å². The zero-order chi connectivity index (χ0) is 18.9. The second kappa shape index (κ2) is 7.52. The standard InChI is InChI=1S/C23H32O2Se/c1-22(2,3)20(26-18-9-7-6-8-10-18)21(24)25-14-13-16-11-12-17-15-19(16)23(17,4)5/h6-11,17,19-20H,12-15H2,1-5H3. The van der Waals surface area contributed by atoms with Crippen LogP contribution in [0.1, 0.15) is 53.9 Å². The fraction of sp³-hybridized carbons (Fsp3) is 0.609. The summed E-state index contributed by atoms with van der Waals surface area (Å²) in [5.74, 6) is 1.54. The first kappa shape index (κ1) is 19.7. The maximum atomic E-state index is 12.8. The summed E-state index contributed by atoms with van der Waals surface area (Å²) >= 11 is 0.0872. The van der Waals surface area contributed by atoms with Gasteiger partial charge in [-0.05, 0) is 0 Å². The topological polar surface area (TPSA) is 26.3 Å². The number of ether oxygens (including phenoxy) is 1. The Balaban J connectivity index is 1.56. The molecule has 0 amide bonds. The maximum absolute atomic E-state index is 12.8. The first-order valence-electron chi connectivity index (χ1n) is 9.77. The number of carbonyl (C=O) groups excluding carboxylic acids is 1. The summed E-state index contributed by atoms with van der Waals surface area (Å²) in [5.41, 5.74) is 1.88. The molecule has 1 fully saturated rings. The molecule has 0 aromatic heterocycles. The van der Waals surface area contributed by atoms with E-state index in [4.69, 9.17) is 4.74 Å². The van der Waals surface area contributed by atoms with Crippen molar-refractivity contribution in [3.63, 3.8) is 0 Å². The molecule has 4 rings (SSSR count). The average molecular weight is 419 g/mol. The molecule has 0 heterocycles. The number of fused-ring (bicyclic) bond motifs is 1. The SMILES string of the molecule is CC(C)(C)C([Se]c1ccccc1)C(=O)OCCC1=CCC2CC1C2(C)C. The molecule has 1 saturated carbocycles. The predicted molar refractivity (Wildman–Crippen MR) is 109 cm³/mol. The van der Waals surface area contributed by atoms with Gasteiger partial charge in [0.25, 0.3) is 0 Å². The van der Waals surface area contributed by atoms with E-state index in [1.165, 1.54) is 22.9 Å². The monoisotopic (exact) mass is 420 g/mol. The Hall–Kier alpha value is -1.05. The molecule has 1 aromatic carbocycles. The summed E-state index contributed by atoms with van der Waals surface area (Å²) in [5, 5.41) is 0. The number of rotatable bonds is 6. The van der Waals surface area contributed by atoms with Crippen LogP contribution in [0.2, 0.25) is 4.82 Å². The van der Waals surface area contributed by atoms with Crippen molar-refractivity contribution in [2.24, 2.45) is 22.7 Å². The predicted octanol–water partition coefficient (Wildman–Crippen LogP) is 4.78. The van der Waals surface area contributed by atoms with Crippen LogP contribution in [0.5, 0.6) is 0 Å². The number of esters is 1. The summed E-state index contributed by atoms with van der Waals surface area (Å²) in [6.45, 7) is 11.7. The molecule has 26 heavy (non-hydrogen) atoms. The molecule has 142 valence electrons. The Bertz CT molecular complexity index is 669. The molecule has 2 bridgehead atoms. The number of hydrogen-bond acceptors (Lipinski definition) is 2. The Morgan fingerprint density at radius 1 is 1.27 bits per heavy atom. The van der Waals surface area contributed by atoms with Crippen LogP contribution in [0.4, 0.5) is 0 Å². The van der Waals surface area contributed by atoms with Crippen molar-refractivity contribution in [2.45, 2.75) is 58.7 Å². The molecule has 2 nitrogen and oxygen atoms in total. The van der Waals surface area contributed by atoms with Crippen LogP contribution in [-0.2, 0) is 9.53 Å². The minimum absolute atomic E-state index is 0.0245. The molecular weight excluding hydrogens is 387 g/mol. The molecule has 3 heteroatoms. The summed E-state index contributed by atoms with van der Waals surface area (Å²) in [4.78, 5) is 12.8. The summed E-state index contributed by atoms with van der Waals surface area (Å²) in [7, 11) is 0. The Labute approximate surface area is 164 Å². The molecule has 1 aromatic rings. The van der Waals surface area contributed by atoms with E-state index in [0.717, 1.165) is 12.3 Å². The number of carbonyl (C=O) groups is 1. The minimum atomic E-state index is -0.0831. The van der Waals surface area contributed by atoms with Gasteiger partial charge in [0.2, 0.25) is 0 Å². The first-order chi connectivity index (χ1) is 12.2. The molecule has 0 radical (unpaired) electrons. The number of allylic oxidation sites excluding steroid dienone is 1. The quantitative estimate of drug-likeness (QED) is 0.377. The first-order valence-corrected chi connectivity index (χ1v) is 11.6. The summed E-state index contributed by atoms with van der Waals surface area (Å²) in [6, 6.07) is 10.4. The van der Waals surface area contributed by atoms with E-state index in [9.17, 15) is 4.79 Å². The van der Waals surface area contributed by atoms with E-state index in [-0.39, 0.29) is 31.2 Å². The van der Waals surface area contributed by atoms with Gasteiger partial charge in [-0.2, -0.15) is 0 Å². The van der Waals surface area contributed by atoms with Crippen LogP contribution < -0.4 is 4.46 Å². The third-order valence-electron chi connectivity index (χ3n) is 6.22. The van der Waals surface area contributed by atoms with Crippen LogP contribution in [0, 0.1) is 22.7 Å². The van der Waals surface area contributed by atoms with E-state index >= 15 is 0 Å².